The van der Waals surface area contributed by atoms with E-state index < -0.39 is 16.0 Å². The van der Waals surface area contributed by atoms with Gasteiger partial charge < -0.3 is 22.5 Å². The van der Waals surface area contributed by atoms with E-state index in [0.717, 1.165) is 0 Å². The van der Waals surface area contributed by atoms with Gasteiger partial charge in [-0.2, -0.15) is 8.42 Å². The van der Waals surface area contributed by atoms with Gasteiger partial charge in [0, 0.05) is 5.69 Å². The van der Waals surface area contributed by atoms with E-state index >= 15 is 0 Å². The van der Waals surface area contributed by atoms with Crippen molar-refractivity contribution in [2.24, 2.45) is 21.6 Å². The van der Waals surface area contributed by atoms with Crippen LogP contribution >= 0.6 is 12.2 Å². The first-order chi connectivity index (χ1) is 7.81. The van der Waals surface area contributed by atoms with Gasteiger partial charge in [0.25, 0.3) is 10.0 Å². The molecule has 9 heteroatoms. The molecule has 0 aromatic heterocycles. The van der Waals surface area contributed by atoms with Crippen molar-refractivity contribution >= 4 is 39.0 Å². The number of hydrogen-bond acceptors (Lipinski definition) is 3. The van der Waals surface area contributed by atoms with Crippen LogP contribution in [0.5, 0.6) is 0 Å². The molecule has 1 aromatic carbocycles. The van der Waals surface area contributed by atoms with E-state index in [0.29, 0.717) is 5.69 Å². The van der Waals surface area contributed by atoms with Crippen LogP contribution in [0.2, 0.25) is 0 Å². The molecule has 0 spiro atoms. The Morgan fingerprint density at radius 2 is 1.71 bits per heavy atom. The molecular formula is C8H11N5O2S2. The quantitative estimate of drug-likeness (QED) is 0.325. The van der Waals surface area contributed by atoms with Gasteiger partial charge in [-0.3, -0.25) is 0 Å². The summed E-state index contributed by atoms with van der Waals surface area (Å²) in [6, 6.07) is 5.66. The molecule has 1 aromatic rings. The maximum Gasteiger partial charge on any atom is 0.285 e. The molecule has 7 nitrogen and oxygen atoms in total. The number of nitrogens with zero attached hydrogens (tertiary/aromatic N) is 1. The second-order valence-electron chi connectivity index (χ2n) is 3.00. The number of benzene rings is 1. The normalized spacial score (nSPS) is 10.6. The summed E-state index contributed by atoms with van der Waals surface area (Å²) in [5.41, 5.74) is 15.9. The van der Waals surface area contributed by atoms with Gasteiger partial charge in [0.2, 0.25) is 5.96 Å². The van der Waals surface area contributed by atoms with Gasteiger partial charge in [-0.15, -0.1) is 4.40 Å². The monoisotopic (exact) mass is 273 g/mol. The molecule has 0 atom stereocenters. The first kappa shape index (κ1) is 13.2. The number of thiocarbonyl (C=S) groups is 1. The molecule has 0 aliphatic carbocycles. The molecule has 0 bridgehead atoms. The summed E-state index contributed by atoms with van der Waals surface area (Å²) in [7, 11) is -3.86. The van der Waals surface area contributed by atoms with Gasteiger partial charge in [-0.1, -0.05) is 0 Å². The largest absolute Gasteiger partial charge is 0.376 e. The van der Waals surface area contributed by atoms with Gasteiger partial charge in [0.1, 0.15) is 0 Å². The number of sulfonamides is 1. The van der Waals surface area contributed by atoms with Crippen molar-refractivity contribution in [3.63, 3.8) is 0 Å². The SMILES string of the molecule is NC(=S)Nc1ccc(S(=O)(=O)N=C(N)N)cc1. The molecule has 7 N–H and O–H groups in total. The average Bonchev–Trinajstić information content (AvgIpc) is 2.15. The highest BCUT2D eigenvalue weighted by Crippen LogP contribution is 2.15. The lowest BCUT2D eigenvalue weighted by atomic mass is 10.3. The molecule has 0 aliphatic heterocycles. The fourth-order valence-corrected chi connectivity index (χ4v) is 2.02. The summed E-state index contributed by atoms with van der Waals surface area (Å²) in [5, 5.41) is 2.74. The fraction of sp³-hybridized carbons (Fsp3) is 0. The van der Waals surface area contributed by atoms with Gasteiger partial charge in [-0.05, 0) is 36.5 Å². The lowest BCUT2D eigenvalue weighted by molar-refractivity contribution is 0.598. The summed E-state index contributed by atoms with van der Waals surface area (Å²) in [6.07, 6.45) is 0. The Balaban J connectivity index is 3.03. The Morgan fingerprint density at radius 1 is 1.18 bits per heavy atom. The summed E-state index contributed by atoms with van der Waals surface area (Å²) in [4.78, 5) is -0.0283. The molecule has 0 amide bonds. The van der Waals surface area contributed by atoms with E-state index in [4.69, 9.17) is 17.2 Å². The van der Waals surface area contributed by atoms with Crippen LogP contribution in [0.4, 0.5) is 5.69 Å². The average molecular weight is 273 g/mol. The zero-order chi connectivity index (χ0) is 13.1. The Hall–Kier alpha value is -1.87. The van der Waals surface area contributed by atoms with Crippen molar-refractivity contribution in [1.29, 1.82) is 0 Å². The molecule has 0 radical (unpaired) electrons. The Labute approximate surface area is 104 Å². The molecule has 1 rings (SSSR count). The van der Waals surface area contributed by atoms with Crippen molar-refractivity contribution in [2.45, 2.75) is 4.90 Å². The molecule has 17 heavy (non-hydrogen) atoms. The zero-order valence-electron chi connectivity index (χ0n) is 8.62. The standard InChI is InChI=1S/C8H11N5O2S2/c9-7(10)13-17(14,15)6-3-1-5(2-4-6)12-8(11)16/h1-4H,(H4,9,10,13)(H3,11,12,16). The van der Waals surface area contributed by atoms with Gasteiger partial charge in [-0.25, -0.2) is 0 Å². The first-order valence-electron chi connectivity index (χ1n) is 4.34. The molecular weight excluding hydrogens is 262 g/mol. The van der Waals surface area contributed by atoms with Crippen LogP contribution in [0.25, 0.3) is 0 Å². The first-order valence-corrected chi connectivity index (χ1v) is 6.18. The molecule has 92 valence electrons. The van der Waals surface area contributed by atoms with Gasteiger partial charge in [0.15, 0.2) is 5.11 Å². The highest BCUT2D eigenvalue weighted by Gasteiger charge is 2.12. The minimum atomic E-state index is -3.86. The molecule has 0 heterocycles. The van der Waals surface area contributed by atoms with Crippen molar-refractivity contribution < 1.29 is 8.42 Å². The van der Waals surface area contributed by atoms with Crippen molar-refractivity contribution in [1.82, 2.24) is 0 Å². The van der Waals surface area contributed by atoms with Crippen LogP contribution in [0.3, 0.4) is 0 Å². The van der Waals surface area contributed by atoms with Crippen LogP contribution in [0, 0.1) is 0 Å². The molecule has 0 saturated heterocycles. The third kappa shape index (κ3) is 3.89. The lowest BCUT2D eigenvalue weighted by Gasteiger charge is -2.04. The van der Waals surface area contributed by atoms with Crippen molar-refractivity contribution in [3.8, 4) is 0 Å². The molecule has 0 aliphatic rings. The van der Waals surface area contributed by atoms with Crippen LogP contribution in [0.1, 0.15) is 0 Å². The lowest BCUT2D eigenvalue weighted by Crippen LogP contribution is -2.24. The predicted octanol–water partition coefficient (Wildman–Crippen LogP) is -0.696. The Morgan fingerprint density at radius 3 is 2.12 bits per heavy atom. The van der Waals surface area contributed by atoms with Crippen LogP contribution in [-0.4, -0.2) is 19.5 Å². The highest BCUT2D eigenvalue weighted by atomic mass is 32.2. The highest BCUT2D eigenvalue weighted by molar-refractivity contribution is 7.90. The van der Waals surface area contributed by atoms with Crippen LogP contribution < -0.4 is 22.5 Å². The van der Waals surface area contributed by atoms with Gasteiger partial charge in [0.05, 0.1) is 4.90 Å². The predicted molar refractivity (Wildman–Crippen MR) is 69.8 cm³/mol. The summed E-state index contributed by atoms with van der Waals surface area (Å²) < 4.78 is 26.3. The van der Waals surface area contributed by atoms with E-state index in [1.54, 1.807) is 0 Å². The van der Waals surface area contributed by atoms with E-state index in [9.17, 15) is 8.42 Å². The Kier molecular flexibility index (Phi) is 3.86. The Bertz CT molecular complexity index is 546. The van der Waals surface area contributed by atoms with Crippen LogP contribution in [0.15, 0.2) is 33.6 Å². The third-order valence-electron chi connectivity index (χ3n) is 1.65. The number of nitrogens with one attached hydrogen (secondary N) is 1. The van der Waals surface area contributed by atoms with Crippen molar-refractivity contribution in [2.75, 3.05) is 5.32 Å². The number of hydrogen-bond donors (Lipinski definition) is 4. The van der Waals surface area contributed by atoms with E-state index in [1.165, 1.54) is 24.3 Å². The molecule has 0 saturated carbocycles. The second-order valence-corrected chi connectivity index (χ2v) is 5.05. The van der Waals surface area contributed by atoms with Crippen LogP contribution in [-0.2, 0) is 10.0 Å². The fourth-order valence-electron chi connectivity index (χ4n) is 1.04. The van der Waals surface area contributed by atoms with E-state index in [2.05, 4.69) is 21.9 Å². The van der Waals surface area contributed by atoms with E-state index in [1.807, 2.05) is 0 Å². The summed E-state index contributed by atoms with van der Waals surface area (Å²) in [6.45, 7) is 0. The maximum absolute atomic E-state index is 11.6. The van der Waals surface area contributed by atoms with Gasteiger partial charge >= 0.3 is 0 Å². The second kappa shape index (κ2) is 4.97. The smallest absolute Gasteiger partial charge is 0.285 e. The minimum absolute atomic E-state index is 0.0283. The summed E-state index contributed by atoms with van der Waals surface area (Å²) in [5.74, 6) is -0.518. The summed E-state index contributed by atoms with van der Waals surface area (Å²) >= 11 is 4.63. The van der Waals surface area contributed by atoms with Crippen molar-refractivity contribution in [3.05, 3.63) is 24.3 Å². The molecule has 0 fully saturated rings. The minimum Gasteiger partial charge on any atom is -0.376 e. The number of guanidine groups is 1. The third-order valence-corrected chi connectivity index (χ3v) is 3.07. The maximum atomic E-state index is 11.6. The topological polar surface area (TPSA) is 137 Å². The number of anilines is 1. The number of nitrogens with two attached hydrogens (primary N) is 3. The number of rotatable bonds is 3. The van der Waals surface area contributed by atoms with E-state index in [-0.39, 0.29) is 10.0 Å². The molecule has 0 unspecified atom stereocenters. The zero-order valence-corrected chi connectivity index (χ0v) is 10.3.